The molecule has 0 aliphatic rings. The second-order valence-electron chi connectivity index (χ2n) is 7.21. The number of halogens is 1. The van der Waals surface area contributed by atoms with Crippen molar-refractivity contribution in [2.24, 2.45) is 0 Å². The lowest BCUT2D eigenvalue weighted by Gasteiger charge is -2.21. The van der Waals surface area contributed by atoms with E-state index in [0.29, 0.717) is 23.8 Å². The summed E-state index contributed by atoms with van der Waals surface area (Å²) in [5.41, 5.74) is 1.62. The van der Waals surface area contributed by atoms with Crippen molar-refractivity contribution >= 4 is 39.1 Å². The Morgan fingerprint density at radius 2 is 1.55 bits per heavy atom. The zero-order valence-electron chi connectivity index (χ0n) is 18.0. The summed E-state index contributed by atoms with van der Waals surface area (Å²) in [6.07, 6.45) is 0. The van der Waals surface area contributed by atoms with Gasteiger partial charge in [0.25, 0.3) is 15.9 Å². The first-order valence-electron chi connectivity index (χ1n) is 10.3. The summed E-state index contributed by atoms with van der Waals surface area (Å²) in [6, 6.07) is 21.3. The van der Waals surface area contributed by atoms with Crippen LogP contribution in [0.25, 0.3) is 0 Å². The second kappa shape index (κ2) is 11.0. The third-order valence-electron chi connectivity index (χ3n) is 4.87. The molecule has 0 aliphatic carbocycles. The zero-order valence-corrected chi connectivity index (χ0v) is 19.6. The molecule has 0 heterocycles. The summed E-state index contributed by atoms with van der Waals surface area (Å²) < 4.78 is 27.5. The maximum Gasteiger partial charge on any atom is 0.261 e. The normalized spacial score (nSPS) is 11.0. The minimum absolute atomic E-state index is 0.00472. The van der Waals surface area contributed by atoms with E-state index in [0.717, 1.165) is 5.56 Å². The lowest BCUT2D eigenvalue weighted by atomic mass is 10.2. The number of nitrogens with one attached hydrogen (secondary N) is 2. The van der Waals surface area contributed by atoms with Crippen molar-refractivity contribution in [3.05, 3.63) is 95.0 Å². The SMILES string of the molecule is CCN(Cc1ccccc1)C(=O)CNC(=O)c1ccc(S(=O)(=O)Nc2ccc(Cl)cc2)cc1. The van der Waals surface area contributed by atoms with Crippen LogP contribution in [0.4, 0.5) is 5.69 Å². The average Bonchev–Trinajstić information content (AvgIpc) is 2.83. The van der Waals surface area contributed by atoms with E-state index in [2.05, 4.69) is 10.0 Å². The molecule has 2 N–H and O–H groups in total. The lowest BCUT2D eigenvalue weighted by molar-refractivity contribution is -0.130. The Bertz CT molecular complexity index is 1200. The zero-order chi connectivity index (χ0) is 23.8. The Hall–Kier alpha value is -3.36. The number of hydrogen-bond acceptors (Lipinski definition) is 4. The molecule has 0 aliphatic heterocycles. The first-order valence-corrected chi connectivity index (χ1v) is 12.1. The van der Waals surface area contributed by atoms with Gasteiger partial charge in [-0.15, -0.1) is 0 Å². The maximum atomic E-state index is 12.5. The Balaban J connectivity index is 1.58. The molecule has 3 aromatic rings. The Labute approximate surface area is 198 Å². The third kappa shape index (κ3) is 6.81. The van der Waals surface area contributed by atoms with E-state index in [1.54, 1.807) is 29.2 Å². The van der Waals surface area contributed by atoms with Crippen LogP contribution in [-0.4, -0.2) is 38.2 Å². The number of rotatable bonds is 9. The van der Waals surface area contributed by atoms with Crippen LogP contribution in [0.1, 0.15) is 22.8 Å². The number of carbonyl (C=O) groups excluding carboxylic acids is 2. The first kappa shape index (κ1) is 24.3. The van der Waals surface area contributed by atoms with Crippen LogP contribution in [0.5, 0.6) is 0 Å². The molecule has 0 atom stereocenters. The van der Waals surface area contributed by atoms with Crippen LogP contribution in [0.15, 0.2) is 83.8 Å². The second-order valence-corrected chi connectivity index (χ2v) is 9.33. The fraction of sp³-hybridized carbons (Fsp3) is 0.167. The summed E-state index contributed by atoms with van der Waals surface area (Å²) >= 11 is 5.82. The van der Waals surface area contributed by atoms with Gasteiger partial charge in [0.15, 0.2) is 0 Å². The molecule has 3 rings (SSSR count). The molecule has 0 radical (unpaired) electrons. The van der Waals surface area contributed by atoms with Crippen molar-refractivity contribution in [3.8, 4) is 0 Å². The fourth-order valence-electron chi connectivity index (χ4n) is 3.07. The van der Waals surface area contributed by atoms with Crippen LogP contribution in [0, 0.1) is 0 Å². The summed E-state index contributed by atoms with van der Waals surface area (Å²) in [5.74, 6) is -0.671. The van der Waals surface area contributed by atoms with E-state index in [1.165, 1.54) is 24.3 Å². The van der Waals surface area contributed by atoms with Crippen LogP contribution in [0.3, 0.4) is 0 Å². The Morgan fingerprint density at radius 3 is 2.15 bits per heavy atom. The minimum atomic E-state index is -3.82. The van der Waals surface area contributed by atoms with Crippen LogP contribution >= 0.6 is 11.6 Å². The minimum Gasteiger partial charge on any atom is -0.343 e. The molecule has 0 fully saturated rings. The van der Waals surface area contributed by atoms with Gasteiger partial charge in [0.1, 0.15) is 0 Å². The largest absolute Gasteiger partial charge is 0.343 e. The lowest BCUT2D eigenvalue weighted by Crippen LogP contribution is -2.39. The van der Waals surface area contributed by atoms with E-state index < -0.39 is 15.9 Å². The number of nitrogens with zero attached hydrogens (tertiary/aromatic N) is 1. The Kier molecular flexibility index (Phi) is 8.08. The highest BCUT2D eigenvalue weighted by atomic mass is 35.5. The topological polar surface area (TPSA) is 95.6 Å². The number of likely N-dealkylation sites (N-methyl/N-ethyl adjacent to an activating group) is 1. The van der Waals surface area contributed by atoms with Crippen molar-refractivity contribution in [3.63, 3.8) is 0 Å². The van der Waals surface area contributed by atoms with E-state index in [4.69, 9.17) is 11.6 Å². The number of benzene rings is 3. The number of carbonyl (C=O) groups is 2. The smallest absolute Gasteiger partial charge is 0.261 e. The van der Waals surface area contributed by atoms with Gasteiger partial charge in [0.05, 0.1) is 11.4 Å². The van der Waals surface area contributed by atoms with Crippen molar-refractivity contribution in [2.45, 2.75) is 18.4 Å². The van der Waals surface area contributed by atoms with Crippen molar-refractivity contribution in [1.82, 2.24) is 10.2 Å². The van der Waals surface area contributed by atoms with E-state index in [1.807, 2.05) is 37.3 Å². The predicted molar refractivity (Wildman–Crippen MR) is 129 cm³/mol. The molecular formula is C24H24ClN3O4S. The average molecular weight is 486 g/mol. The highest BCUT2D eigenvalue weighted by Crippen LogP contribution is 2.19. The molecule has 172 valence electrons. The standard InChI is InChI=1S/C24H24ClN3O4S/c1-2-28(17-18-6-4-3-5-7-18)23(29)16-26-24(30)19-8-14-22(15-9-19)33(31,32)27-21-12-10-20(25)11-13-21/h3-15,27H,2,16-17H2,1H3,(H,26,30). The summed E-state index contributed by atoms with van der Waals surface area (Å²) in [4.78, 5) is 26.6. The molecule has 0 spiro atoms. The number of amides is 2. The molecule has 0 unspecified atom stereocenters. The molecule has 7 nitrogen and oxygen atoms in total. The monoisotopic (exact) mass is 485 g/mol. The van der Waals surface area contributed by atoms with Gasteiger partial charge >= 0.3 is 0 Å². The van der Waals surface area contributed by atoms with Gasteiger partial charge in [0, 0.05) is 29.4 Å². The van der Waals surface area contributed by atoms with Gasteiger partial charge in [0.2, 0.25) is 5.91 Å². The quantitative estimate of drug-likeness (QED) is 0.480. The van der Waals surface area contributed by atoms with Crippen molar-refractivity contribution < 1.29 is 18.0 Å². The molecule has 0 saturated carbocycles. The van der Waals surface area contributed by atoms with Gasteiger partial charge in [-0.1, -0.05) is 41.9 Å². The predicted octanol–water partition coefficient (Wildman–Crippen LogP) is 3.92. The summed E-state index contributed by atoms with van der Waals surface area (Å²) in [6.45, 7) is 2.69. The molecule has 0 saturated heterocycles. The Morgan fingerprint density at radius 1 is 0.909 bits per heavy atom. The number of hydrogen-bond donors (Lipinski definition) is 2. The fourth-order valence-corrected chi connectivity index (χ4v) is 4.25. The molecule has 0 aromatic heterocycles. The van der Waals surface area contributed by atoms with E-state index in [-0.39, 0.29) is 22.9 Å². The van der Waals surface area contributed by atoms with Crippen LogP contribution in [0.2, 0.25) is 5.02 Å². The van der Waals surface area contributed by atoms with Gasteiger partial charge in [-0.2, -0.15) is 0 Å². The highest BCUT2D eigenvalue weighted by molar-refractivity contribution is 7.92. The highest BCUT2D eigenvalue weighted by Gasteiger charge is 2.17. The van der Waals surface area contributed by atoms with Gasteiger partial charge in [-0.05, 0) is 61.0 Å². The molecule has 2 amide bonds. The van der Waals surface area contributed by atoms with Crippen molar-refractivity contribution in [2.75, 3.05) is 17.8 Å². The molecule has 0 bridgehead atoms. The number of sulfonamides is 1. The summed E-state index contributed by atoms with van der Waals surface area (Å²) in [5, 5.41) is 3.09. The number of anilines is 1. The molecule has 33 heavy (non-hydrogen) atoms. The van der Waals surface area contributed by atoms with E-state index in [9.17, 15) is 18.0 Å². The van der Waals surface area contributed by atoms with Crippen molar-refractivity contribution in [1.29, 1.82) is 0 Å². The summed E-state index contributed by atoms with van der Waals surface area (Å²) in [7, 11) is -3.82. The van der Waals surface area contributed by atoms with Crippen LogP contribution in [-0.2, 0) is 21.4 Å². The van der Waals surface area contributed by atoms with Crippen LogP contribution < -0.4 is 10.0 Å². The molecule has 3 aromatic carbocycles. The van der Waals surface area contributed by atoms with E-state index >= 15 is 0 Å². The first-order chi connectivity index (χ1) is 15.8. The molecule has 9 heteroatoms. The maximum absolute atomic E-state index is 12.5. The third-order valence-corrected chi connectivity index (χ3v) is 6.52. The van der Waals surface area contributed by atoms with Gasteiger partial charge < -0.3 is 10.2 Å². The molecular weight excluding hydrogens is 462 g/mol. The van der Waals surface area contributed by atoms with Gasteiger partial charge in [-0.3, -0.25) is 14.3 Å². The van der Waals surface area contributed by atoms with Gasteiger partial charge in [-0.25, -0.2) is 8.42 Å².